The molecule has 0 aromatic heterocycles. The minimum absolute atomic E-state index is 0.366. The van der Waals surface area contributed by atoms with Gasteiger partial charge in [0.25, 0.3) is 0 Å². The molecule has 1 aromatic carbocycles. The van der Waals surface area contributed by atoms with E-state index in [1.165, 1.54) is 11.1 Å². The molecule has 14 heavy (non-hydrogen) atoms. The fraction of sp³-hybridized carbons (Fsp3) is 0.500. The number of ether oxygens (including phenoxy) is 2. The van der Waals surface area contributed by atoms with E-state index in [9.17, 15) is 0 Å². The summed E-state index contributed by atoms with van der Waals surface area (Å²) in [7, 11) is 0. The van der Waals surface area contributed by atoms with Gasteiger partial charge in [0.05, 0.1) is 19.8 Å². The van der Waals surface area contributed by atoms with Crippen molar-refractivity contribution in [3.8, 4) is 0 Å². The molecule has 0 amide bonds. The maximum absolute atomic E-state index is 5.49. The van der Waals surface area contributed by atoms with Crippen molar-refractivity contribution in [1.29, 1.82) is 0 Å². The molecule has 1 aliphatic heterocycles. The summed E-state index contributed by atoms with van der Waals surface area (Å²) in [6, 6.07) is 8.58. The van der Waals surface area contributed by atoms with Gasteiger partial charge in [0.2, 0.25) is 0 Å². The van der Waals surface area contributed by atoms with E-state index >= 15 is 0 Å². The molecule has 1 fully saturated rings. The molecule has 1 aromatic rings. The maximum Gasteiger partial charge on any atom is 0.104 e. The predicted octanol–water partition coefficient (Wildman–Crippen LogP) is 2.16. The first-order chi connectivity index (χ1) is 6.88. The van der Waals surface area contributed by atoms with E-state index in [0.29, 0.717) is 12.7 Å². The summed E-state index contributed by atoms with van der Waals surface area (Å²) in [6.45, 7) is 4.46. The van der Waals surface area contributed by atoms with Gasteiger partial charge in [-0.1, -0.05) is 31.2 Å². The molecule has 2 rings (SSSR count). The van der Waals surface area contributed by atoms with E-state index in [4.69, 9.17) is 9.47 Å². The highest BCUT2D eigenvalue weighted by Gasteiger charge is 2.22. The second kappa shape index (κ2) is 4.58. The van der Waals surface area contributed by atoms with Crippen LogP contribution in [-0.2, 0) is 22.5 Å². The monoisotopic (exact) mass is 192 g/mol. The number of rotatable bonds is 5. The van der Waals surface area contributed by atoms with Crippen LogP contribution >= 0.6 is 0 Å². The summed E-state index contributed by atoms with van der Waals surface area (Å²) < 4.78 is 10.6. The fourth-order valence-electron chi connectivity index (χ4n) is 1.34. The van der Waals surface area contributed by atoms with Gasteiger partial charge in [-0.2, -0.15) is 0 Å². The Morgan fingerprint density at radius 3 is 2.50 bits per heavy atom. The lowest BCUT2D eigenvalue weighted by Gasteiger charge is -2.03. The average molecular weight is 192 g/mol. The highest BCUT2D eigenvalue weighted by Crippen LogP contribution is 2.11. The van der Waals surface area contributed by atoms with Crippen LogP contribution in [-0.4, -0.2) is 19.3 Å². The number of epoxide rings is 1. The van der Waals surface area contributed by atoms with E-state index < -0.39 is 0 Å². The van der Waals surface area contributed by atoms with Crippen molar-refractivity contribution < 1.29 is 9.47 Å². The minimum Gasteiger partial charge on any atom is -0.374 e. The van der Waals surface area contributed by atoms with Gasteiger partial charge in [0.15, 0.2) is 0 Å². The molecule has 2 heteroatoms. The summed E-state index contributed by atoms with van der Waals surface area (Å²) >= 11 is 0. The minimum atomic E-state index is 0.366. The number of hydrogen-bond donors (Lipinski definition) is 0. The SMILES string of the molecule is CCc1ccc(COCC2CO2)cc1. The second-order valence-electron chi connectivity index (χ2n) is 3.64. The molecule has 1 aliphatic rings. The zero-order valence-electron chi connectivity index (χ0n) is 8.53. The Morgan fingerprint density at radius 2 is 1.93 bits per heavy atom. The quantitative estimate of drug-likeness (QED) is 0.667. The third-order valence-electron chi connectivity index (χ3n) is 2.41. The molecule has 1 saturated heterocycles. The zero-order chi connectivity index (χ0) is 9.80. The number of hydrogen-bond acceptors (Lipinski definition) is 2. The van der Waals surface area contributed by atoms with Gasteiger partial charge in [-0.25, -0.2) is 0 Å². The maximum atomic E-state index is 5.49. The molecule has 0 aliphatic carbocycles. The molecule has 0 saturated carbocycles. The van der Waals surface area contributed by atoms with Crippen molar-refractivity contribution in [3.63, 3.8) is 0 Å². The van der Waals surface area contributed by atoms with Crippen LogP contribution in [0, 0.1) is 0 Å². The Hall–Kier alpha value is -0.860. The Kier molecular flexibility index (Phi) is 3.17. The molecule has 1 unspecified atom stereocenters. The molecule has 0 spiro atoms. The van der Waals surface area contributed by atoms with E-state index in [1.54, 1.807) is 0 Å². The Balaban J connectivity index is 1.77. The lowest BCUT2D eigenvalue weighted by Crippen LogP contribution is -2.01. The van der Waals surface area contributed by atoms with Crippen LogP contribution in [0.15, 0.2) is 24.3 Å². The van der Waals surface area contributed by atoms with Gasteiger partial charge in [-0.15, -0.1) is 0 Å². The van der Waals surface area contributed by atoms with Gasteiger partial charge in [0.1, 0.15) is 6.10 Å². The van der Waals surface area contributed by atoms with Gasteiger partial charge >= 0.3 is 0 Å². The highest BCUT2D eigenvalue weighted by molar-refractivity contribution is 5.21. The van der Waals surface area contributed by atoms with E-state index in [-0.39, 0.29) is 0 Å². The first kappa shape index (κ1) is 9.69. The molecule has 1 atom stereocenters. The largest absolute Gasteiger partial charge is 0.374 e. The fourth-order valence-corrected chi connectivity index (χ4v) is 1.34. The van der Waals surface area contributed by atoms with Crippen LogP contribution in [0.2, 0.25) is 0 Å². The molecule has 2 nitrogen and oxygen atoms in total. The first-order valence-electron chi connectivity index (χ1n) is 5.15. The summed E-state index contributed by atoms with van der Waals surface area (Å²) in [5, 5.41) is 0. The topological polar surface area (TPSA) is 21.8 Å². The first-order valence-corrected chi connectivity index (χ1v) is 5.15. The molecule has 76 valence electrons. The standard InChI is InChI=1S/C12H16O2/c1-2-10-3-5-11(6-4-10)7-13-8-12-9-14-12/h3-6,12H,2,7-9H2,1H3. The van der Waals surface area contributed by atoms with Gasteiger partial charge in [-0.3, -0.25) is 0 Å². The Bertz CT molecular complexity index is 275. The third kappa shape index (κ3) is 2.82. The molecule has 0 radical (unpaired) electrons. The third-order valence-corrected chi connectivity index (χ3v) is 2.41. The summed E-state index contributed by atoms with van der Waals surface area (Å²) in [5.41, 5.74) is 2.61. The second-order valence-corrected chi connectivity index (χ2v) is 3.64. The predicted molar refractivity (Wildman–Crippen MR) is 55.2 cm³/mol. The molecule has 1 heterocycles. The van der Waals surface area contributed by atoms with Crippen molar-refractivity contribution in [3.05, 3.63) is 35.4 Å². The summed E-state index contributed by atoms with van der Waals surface area (Å²) in [5.74, 6) is 0. The van der Waals surface area contributed by atoms with Crippen LogP contribution in [0.5, 0.6) is 0 Å². The van der Waals surface area contributed by atoms with Crippen molar-refractivity contribution >= 4 is 0 Å². The van der Waals surface area contributed by atoms with E-state index in [1.807, 2.05) is 0 Å². The van der Waals surface area contributed by atoms with Crippen LogP contribution in [0.1, 0.15) is 18.1 Å². The van der Waals surface area contributed by atoms with Gasteiger partial charge in [-0.05, 0) is 17.5 Å². The Labute approximate surface area is 84.8 Å². The zero-order valence-corrected chi connectivity index (χ0v) is 8.53. The van der Waals surface area contributed by atoms with Gasteiger partial charge < -0.3 is 9.47 Å². The van der Waals surface area contributed by atoms with E-state index in [2.05, 4.69) is 31.2 Å². The Morgan fingerprint density at radius 1 is 1.29 bits per heavy atom. The van der Waals surface area contributed by atoms with Crippen molar-refractivity contribution in [2.24, 2.45) is 0 Å². The molecular weight excluding hydrogens is 176 g/mol. The van der Waals surface area contributed by atoms with Crippen LogP contribution in [0.25, 0.3) is 0 Å². The molecule has 0 bridgehead atoms. The number of benzene rings is 1. The van der Waals surface area contributed by atoms with Crippen LogP contribution in [0.3, 0.4) is 0 Å². The van der Waals surface area contributed by atoms with Gasteiger partial charge in [0, 0.05) is 0 Å². The van der Waals surface area contributed by atoms with Crippen molar-refractivity contribution in [2.45, 2.75) is 26.1 Å². The average Bonchev–Trinajstić information content (AvgIpc) is 3.03. The smallest absolute Gasteiger partial charge is 0.104 e. The normalized spacial score (nSPS) is 19.6. The van der Waals surface area contributed by atoms with Crippen molar-refractivity contribution in [2.75, 3.05) is 13.2 Å². The van der Waals surface area contributed by atoms with Crippen molar-refractivity contribution in [1.82, 2.24) is 0 Å². The van der Waals surface area contributed by atoms with Crippen LogP contribution in [0.4, 0.5) is 0 Å². The summed E-state index contributed by atoms with van der Waals surface area (Å²) in [4.78, 5) is 0. The summed E-state index contributed by atoms with van der Waals surface area (Å²) in [6.07, 6.45) is 1.46. The molecular formula is C12H16O2. The lowest BCUT2D eigenvalue weighted by atomic mass is 10.1. The van der Waals surface area contributed by atoms with E-state index in [0.717, 1.165) is 19.6 Å². The molecule has 0 N–H and O–H groups in total. The van der Waals surface area contributed by atoms with Crippen LogP contribution < -0.4 is 0 Å². The highest BCUT2D eigenvalue weighted by atomic mass is 16.6. The lowest BCUT2D eigenvalue weighted by molar-refractivity contribution is 0.104. The number of aryl methyl sites for hydroxylation is 1.